The minimum Gasteiger partial charge on any atom is -0.449 e. The van der Waals surface area contributed by atoms with Gasteiger partial charge in [-0.2, -0.15) is 0 Å². The van der Waals surface area contributed by atoms with Crippen LogP contribution in [-0.2, 0) is 24.3 Å². The van der Waals surface area contributed by atoms with E-state index in [1.807, 2.05) is 0 Å². The summed E-state index contributed by atoms with van der Waals surface area (Å²) in [6.07, 6.45) is 0.422. The lowest BCUT2D eigenvalue weighted by atomic mass is 10.2. The van der Waals surface area contributed by atoms with E-state index in [0.717, 1.165) is 12.8 Å². The van der Waals surface area contributed by atoms with Gasteiger partial charge in [-0.1, -0.05) is 6.07 Å². The van der Waals surface area contributed by atoms with Gasteiger partial charge in [0.15, 0.2) is 6.10 Å². The van der Waals surface area contributed by atoms with Gasteiger partial charge in [0.05, 0.1) is 16.6 Å². The first kappa shape index (κ1) is 23.8. The van der Waals surface area contributed by atoms with Gasteiger partial charge in [0.1, 0.15) is 5.82 Å². The van der Waals surface area contributed by atoms with Gasteiger partial charge >= 0.3 is 5.97 Å². The van der Waals surface area contributed by atoms with E-state index in [1.54, 1.807) is 6.92 Å². The molecule has 1 saturated heterocycles. The van der Waals surface area contributed by atoms with Crippen molar-refractivity contribution in [3.8, 4) is 0 Å². The van der Waals surface area contributed by atoms with Crippen molar-refractivity contribution in [2.24, 2.45) is 0 Å². The van der Waals surface area contributed by atoms with E-state index in [2.05, 4.69) is 10.0 Å². The second-order valence-electron chi connectivity index (χ2n) is 7.51. The number of carbonyl (C=O) groups is 2. The van der Waals surface area contributed by atoms with Crippen LogP contribution in [0.4, 0.5) is 10.1 Å². The SMILES string of the molecule is Cc1ccc(NC(=O)[C@H](C)OC(=O)c2ccc(S(=O)(=O)NC[C@H]3CCCO3)cc2)cc1F. The Balaban J connectivity index is 1.56. The average Bonchev–Trinajstić information content (AvgIpc) is 3.29. The maximum atomic E-state index is 13.6. The van der Waals surface area contributed by atoms with Crippen LogP contribution in [0.25, 0.3) is 0 Å². The number of anilines is 1. The monoisotopic (exact) mass is 464 g/mol. The Morgan fingerprint density at radius 2 is 1.94 bits per heavy atom. The maximum Gasteiger partial charge on any atom is 0.338 e. The fraction of sp³-hybridized carbons (Fsp3) is 0.364. The molecule has 1 fully saturated rings. The summed E-state index contributed by atoms with van der Waals surface area (Å²) in [5, 5.41) is 2.48. The minimum absolute atomic E-state index is 0.000707. The Hall–Kier alpha value is -2.82. The van der Waals surface area contributed by atoms with E-state index in [1.165, 1.54) is 49.4 Å². The van der Waals surface area contributed by atoms with E-state index in [-0.39, 0.29) is 28.8 Å². The van der Waals surface area contributed by atoms with Crippen LogP contribution in [-0.4, -0.2) is 45.7 Å². The number of esters is 1. The van der Waals surface area contributed by atoms with Crippen molar-refractivity contribution in [2.75, 3.05) is 18.5 Å². The average molecular weight is 465 g/mol. The van der Waals surface area contributed by atoms with Crippen LogP contribution in [0.5, 0.6) is 0 Å². The molecule has 0 spiro atoms. The number of sulfonamides is 1. The molecule has 0 saturated carbocycles. The van der Waals surface area contributed by atoms with Gasteiger partial charge in [0.2, 0.25) is 10.0 Å². The number of benzene rings is 2. The smallest absolute Gasteiger partial charge is 0.338 e. The first-order valence-electron chi connectivity index (χ1n) is 10.1. The molecule has 32 heavy (non-hydrogen) atoms. The third kappa shape index (κ3) is 6.12. The summed E-state index contributed by atoms with van der Waals surface area (Å²) < 4.78 is 51.4. The summed E-state index contributed by atoms with van der Waals surface area (Å²) in [7, 11) is -3.74. The predicted octanol–water partition coefficient (Wildman–Crippen LogP) is 2.78. The molecule has 0 aromatic heterocycles. The zero-order valence-corrected chi connectivity index (χ0v) is 18.6. The molecule has 10 heteroatoms. The van der Waals surface area contributed by atoms with E-state index >= 15 is 0 Å². The second kappa shape index (κ2) is 10.2. The van der Waals surface area contributed by atoms with Gasteiger partial charge in [0.25, 0.3) is 5.91 Å². The number of hydrogen-bond acceptors (Lipinski definition) is 6. The van der Waals surface area contributed by atoms with Crippen LogP contribution >= 0.6 is 0 Å². The third-order valence-electron chi connectivity index (χ3n) is 5.02. The molecule has 2 aromatic rings. The lowest BCUT2D eigenvalue weighted by molar-refractivity contribution is -0.123. The fourth-order valence-corrected chi connectivity index (χ4v) is 4.12. The summed E-state index contributed by atoms with van der Waals surface area (Å²) >= 11 is 0. The van der Waals surface area contributed by atoms with E-state index < -0.39 is 33.8 Å². The van der Waals surface area contributed by atoms with Crippen LogP contribution in [0, 0.1) is 12.7 Å². The van der Waals surface area contributed by atoms with Crippen LogP contribution in [0.3, 0.4) is 0 Å². The predicted molar refractivity (Wildman–Crippen MR) is 115 cm³/mol. The molecule has 1 aliphatic heterocycles. The van der Waals surface area contributed by atoms with Crippen LogP contribution in [0.1, 0.15) is 35.7 Å². The second-order valence-corrected chi connectivity index (χ2v) is 9.28. The highest BCUT2D eigenvalue weighted by Crippen LogP contribution is 2.16. The van der Waals surface area contributed by atoms with Crippen molar-refractivity contribution in [3.63, 3.8) is 0 Å². The standard InChI is InChI=1S/C22H25FN2O6S/c1-14-5-8-17(12-20(14)23)25-21(26)15(2)31-22(27)16-6-9-19(10-7-16)32(28,29)24-13-18-4-3-11-30-18/h5-10,12,15,18,24H,3-4,11,13H2,1-2H3,(H,25,26)/t15-,18+/m0/s1. The van der Waals surface area contributed by atoms with Gasteiger partial charge in [0, 0.05) is 18.8 Å². The number of halogens is 1. The lowest BCUT2D eigenvalue weighted by Crippen LogP contribution is -2.32. The lowest BCUT2D eigenvalue weighted by Gasteiger charge is -2.14. The molecule has 3 rings (SSSR count). The number of amides is 1. The highest BCUT2D eigenvalue weighted by molar-refractivity contribution is 7.89. The molecular formula is C22H25FN2O6S. The molecule has 1 heterocycles. The van der Waals surface area contributed by atoms with Crippen molar-refractivity contribution >= 4 is 27.6 Å². The number of rotatable bonds is 8. The zero-order valence-electron chi connectivity index (χ0n) is 17.8. The quantitative estimate of drug-likeness (QED) is 0.582. The summed E-state index contributed by atoms with van der Waals surface area (Å²) in [6.45, 7) is 3.79. The number of ether oxygens (including phenoxy) is 2. The number of carbonyl (C=O) groups excluding carboxylic acids is 2. The normalized spacial score (nSPS) is 17.0. The summed E-state index contributed by atoms with van der Waals surface area (Å²) in [5.41, 5.74) is 0.769. The Morgan fingerprint density at radius 1 is 1.22 bits per heavy atom. The molecule has 0 aliphatic carbocycles. The Bertz CT molecular complexity index is 1080. The summed E-state index contributed by atoms with van der Waals surface area (Å²) in [5.74, 6) is -1.88. The van der Waals surface area contributed by atoms with Crippen LogP contribution in [0.15, 0.2) is 47.4 Å². The Kier molecular flexibility index (Phi) is 7.60. The first-order valence-corrected chi connectivity index (χ1v) is 11.6. The number of aryl methyl sites for hydroxylation is 1. The molecule has 8 nitrogen and oxygen atoms in total. The van der Waals surface area contributed by atoms with Crippen molar-refractivity contribution < 1.29 is 31.9 Å². The van der Waals surface area contributed by atoms with Crippen molar-refractivity contribution in [1.29, 1.82) is 0 Å². The summed E-state index contributed by atoms with van der Waals surface area (Å²) in [6, 6.07) is 9.42. The van der Waals surface area contributed by atoms with Gasteiger partial charge in [-0.05, 0) is 68.7 Å². The van der Waals surface area contributed by atoms with E-state index in [9.17, 15) is 22.4 Å². The van der Waals surface area contributed by atoms with Gasteiger partial charge in [-0.25, -0.2) is 22.3 Å². The van der Waals surface area contributed by atoms with E-state index in [4.69, 9.17) is 9.47 Å². The molecule has 1 amide bonds. The highest BCUT2D eigenvalue weighted by atomic mass is 32.2. The molecule has 2 N–H and O–H groups in total. The molecule has 0 unspecified atom stereocenters. The van der Waals surface area contributed by atoms with Gasteiger partial charge < -0.3 is 14.8 Å². The molecule has 2 atom stereocenters. The summed E-state index contributed by atoms with van der Waals surface area (Å²) in [4.78, 5) is 24.6. The Labute approximate surface area is 186 Å². The molecule has 1 aliphatic rings. The minimum atomic E-state index is -3.74. The van der Waals surface area contributed by atoms with E-state index in [0.29, 0.717) is 12.2 Å². The van der Waals surface area contributed by atoms with Crippen molar-refractivity contribution in [3.05, 3.63) is 59.4 Å². The molecule has 0 radical (unpaired) electrons. The maximum absolute atomic E-state index is 13.6. The van der Waals surface area contributed by atoms with Crippen molar-refractivity contribution in [1.82, 2.24) is 4.72 Å². The first-order chi connectivity index (χ1) is 15.2. The zero-order chi connectivity index (χ0) is 23.3. The van der Waals surface area contributed by atoms with Gasteiger partial charge in [-0.15, -0.1) is 0 Å². The van der Waals surface area contributed by atoms with Crippen molar-refractivity contribution in [2.45, 2.75) is 43.8 Å². The highest BCUT2D eigenvalue weighted by Gasteiger charge is 2.22. The van der Waals surface area contributed by atoms with Crippen LogP contribution in [0.2, 0.25) is 0 Å². The van der Waals surface area contributed by atoms with Crippen LogP contribution < -0.4 is 10.0 Å². The molecule has 172 valence electrons. The molecule has 2 aromatic carbocycles. The van der Waals surface area contributed by atoms with Gasteiger partial charge in [-0.3, -0.25) is 4.79 Å². The number of nitrogens with one attached hydrogen (secondary N) is 2. The largest absolute Gasteiger partial charge is 0.449 e. The molecular weight excluding hydrogens is 439 g/mol. The Morgan fingerprint density at radius 3 is 2.56 bits per heavy atom. The third-order valence-corrected chi connectivity index (χ3v) is 6.46. The molecule has 0 bridgehead atoms. The fourth-order valence-electron chi connectivity index (χ4n) is 3.06. The number of hydrogen-bond donors (Lipinski definition) is 2. The topological polar surface area (TPSA) is 111 Å².